The number of hydrogen-bond donors (Lipinski definition) is 1. The Labute approximate surface area is 91.2 Å². The summed E-state index contributed by atoms with van der Waals surface area (Å²) in [5, 5.41) is 0. The van der Waals surface area contributed by atoms with Gasteiger partial charge in [-0.05, 0) is 24.6 Å². The standard InChI is InChI=1S/C12H19NO2/c1-3-4-7-15-12-6-5-11(14-2)8-10(12)9-13/h5-6,8H,3-4,7,9,13H2,1-2H3. The van der Waals surface area contributed by atoms with Gasteiger partial charge in [0.15, 0.2) is 0 Å². The van der Waals surface area contributed by atoms with Crippen LogP contribution in [-0.4, -0.2) is 13.7 Å². The molecule has 0 atom stereocenters. The summed E-state index contributed by atoms with van der Waals surface area (Å²) in [6.45, 7) is 3.36. The van der Waals surface area contributed by atoms with E-state index in [1.165, 1.54) is 0 Å². The SMILES string of the molecule is CCCCOc1ccc(OC)cc1CN. The summed E-state index contributed by atoms with van der Waals surface area (Å²) in [5.74, 6) is 1.69. The molecular weight excluding hydrogens is 190 g/mol. The highest BCUT2D eigenvalue weighted by Crippen LogP contribution is 2.23. The molecule has 0 radical (unpaired) electrons. The number of nitrogens with two attached hydrogens (primary N) is 1. The molecule has 0 spiro atoms. The van der Waals surface area contributed by atoms with Gasteiger partial charge in [-0.1, -0.05) is 13.3 Å². The highest BCUT2D eigenvalue weighted by Gasteiger charge is 2.03. The fourth-order valence-electron chi connectivity index (χ4n) is 1.31. The van der Waals surface area contributed by atoms with E-state index in [0.29, 0.717) is 6.54 Å². The maximum absolute atomic E-state index is 5.64. The molecule has 1 aromatic carbocycles. The molecule has 2 N–H and O–H groups in total. The second kappa shape index (κ2) is 6.30. The first-order valence-corrected chi connectivity index (χ1v) is 5.31. The molecule has 0 aliphatic carbocycles. The van der Waals surface area contributed by atoms with E-state index in [0.717, 1.165) is 36.5 Å². The molecule has 3 heteroatoms. The van der Waals surface area contributed by atoms with Gasteiger partial charge in [-0.15, -0.1) is 0 Å². The van der Waals surface area contributed by atoms with Gasteiger partial charge >= 0.3 is 0 Å². The smallest absolute Gasteiger partial charge is 0.124 e. The molecule has 0 saturated heterocycles. The molecule has 84 valence electrons. The van der Waals surface area contributed by atoms with Crippen molar-refractivity contribution in [2.75, 3.05) is 13.7 Å². The van der Waals surface area contributed by atoms with Crippen molar-refractivity contribution >= 4 is 0 Å². The van der Waals surface area contributed by atoms with Gasteiger partial charge in [0.1, 0.15) is 11.5 Å². The predicted octanol–water partition coefficient (Wildman–Crippen LogP) is 2.33. The molecule has 0 unspecified atom stereocenters. The molecular formula is C12H19NO2. The van der Waals surface area contributed by atoms with Crippen LogP contribution in [0.4, 0.5) is 0 Å². The van der Waals surface area contributed by atoms with Crippen molar-refractivity contribution < 1.29 is 9.47 Å². The normalized spacial score (nSPS) is 10.1. The lowest BCUT2D eigenvalue weighted by molar-refractivity contribution is 0.305. The molecule has 1 aromatic rings. The Bertz CT molecular complexity index is 300. The summed E-state index contributed by atoms with van der Waals surface area (Å²) in [4.78, 5) is 0. The van der Waals surface area contributed by atoms with Gasteiger partial charge < -0.3 is 15.2 Å². The summed E-state index contributed by atoms with van der Waals surface area (Å²) in [6.07, 6.45) is 2.20. The third kappa shape index (κ3) is 3.44. The van der Waals surface area contributed by atoms with Crippen molar-refractivity contribution in [2.45, 2.75) is 26.3 Å². The maximum atomic E-state index is 5.64. The number of rotatable bonds is 6. The zero-order valence-electron chi connectivity index (χ0n) is 9.45. The summed E-state index contributed by atoms with van der Waals surface area (Å²) in [6, 6.07) is 5.72. The van der Waals surface area contributed by atoms with Crippen LogP contribution in [-0.2, 0) is 6.54 Å². The van der Waals surface area contributed by atoms with E-state index in [1.54, 1.807) is 7.11 Å². The van der Waals surface area contributed by atoms with Gasteiger partial charge in [-0.3, -0.25) is 0 Å². The third-order valence-electron chi connectivity index (χ3n) is 2.24. The lowest BCUT2D eigenvalue weighted by Gasteiger charge is -2.11. The predicted molar refractivity (Wildman–Crippen MR) is 61.3 cm³/mol. The fourth-order valence-corrected chi connectivity index (χ4v) is 1.31. The first-order valence-electron chi connectivity index (χ1n) is 5.31. The molecule has 1 rings (SSSR count). The van der Waals surface area contributed by atoms with Gasteiger partial charge in [-0.2, -0.15) is 0 Å². The van der Waals surface area contributed by atoms with Crippen LogP contribution in [0.2, 0.25) is 0 Å². The third-order valence-corrected chi connectivity index (χ3v) is 2.24. The monoisotopic (exact) mass is 209 g/mol. The highest BCUT2D eigenvalue weighted by molar-refractivity contribution is 5.40. The molecule has 3 nitrogen and oxygen atoms in total. The number of benzene rings is 1. The van der Waals surface area contributed by atoms with E-state index in [-0.39, 0.29) is 0 Å². The van der Waals surface area contributed by atoms with Crippen molar-refractivity contribution in [3.63, 3.8) is 0 Å². The van der Waals surface area contributed by atoms with Gasteiger partial charge in [0.05, 0.1) is 13.7 Å². The fraction of sp³-hybridized carbons (Fsp3) is 0.500. The average molecular weight is 209 g/mol. The van der Waals surface area contributed by atoms with E-state index >= 15 is 0 Å². The van der Waals surface area contributed by atoms with E-state index in [4.69, 9.17) is 15.2 Å². The van der Waals surface area contributed by atoms with Crippen LogP contribution in [0.5, 0.6) is 11.5 Å². The van der Waals surface area contributed by atoms with Crippen LogP contribution < -0.4 is 15.2 Å². The Kier molecular flexibility index (Phi) is 4.98. The summed E-state index contributed by atoms with van der Waals surface area (Å²) < 4.78 is 10.8. The lowest BCUT2D eigenvalue weighted by atomic mass is 10.2. The van der Waals surface area contributed by atoms with Gasteiger partial charge in [0.25, 0.3) is 0 Å². The zero-order valence-corrected chi connectivity index (χ0v) is 9.45. The molecule has 0 aliphatic heterocycles. The minimum atomic E-state index is 0.471. The van der Waals surface area contributed by atoms with Crippen molar-refractivity contribution in [1.82, 2.24) is 0 Å². The van der Waals surface area contributed by atoms with Crippen molar-refractivity contribution in [2.24, 2.45) is 5.73 Å². The summed E-state index contributed by atoms with van der Waals surface area (Å²) >= 11 is 0. The molecule has 15 heavy (non-hydrogen) atoms. The Morgan fingerprint density at radius 3 is 2.73 bits per heavy atom. The number of unbranched alkanes of at least 4 members (excludes halogenated alkanes) is 1. The largest absolute Gasteiger partial charge is 0.497 e. The van der Waals surface area contributed by atoms with Crippen molar-refractivity contribution in [1.29, 1.82) is 0 Å². The summed E-state index contributed by atoms with van der Waals surface area (Å²) in [7, 11) is 1.65. The van der Waals surface area contributed by atoms with E-state index in [9.17, 15) is 0 Å². The molecule has 0 fully saturated rings. The summed E-state index contributed by atoms with van der Waals surface area (Å²) in [5.41, 5.74) is 6.63. The second-order valence-corrected chi connectivity index (χ2v) is 3.38. The Hall–Kier alpha value is -1.22. The van der Waals surface area contributed by atoms with Gasteiger partial charge in [0, 0.05) is 12.1 Å². The van der Waals surface area contributed by atoms with Crippen LogP contribution in [0.15, 0.2) is 18.2 Å². The van der Waals surface area contributed by atoms with E-state index in [2.05, 4.69) is 6.92 Å². The van der Waals surface area contributed by atoms with Crippen LogP contribution in [0.25, 0.3) is 0 Å². The Morgan fingerprint density at radius 2 is 2.13 bits per heavy atom. The molecule has 0 amide bonds. The first-order chi connectivity index (χ1) is 7.31. The van der Waals surface area contributed by atoms with Crippen LogP contribution in [0, 0.1) is 0 Å². The Balaban J connectivity index is 2.69. The van der Waals surface area contributed by atoms with Crippen LogP contribution >= 0.6 is 0 Å². The van der Waals surface area contributed by atoms with Crippen molar-refractivity contribution in [3.05, 3.63) is 23.8 Å². The second-order valence-electron chi connectivity index (χ2n) is 3.38. The molecule has 0 heterocycles. The number of ether oxygens (including phenoxy) is 2. The quantitative estimate of drug-likeness (QED) is 0.731. The van der Waals surface area contributed by atoms with Crippen LogP contribution in [0.1, 0.15) is 25.3 Å². The van der Waals surface area contributed by atoms with Crippen molar-refractivity contribution in [3.8, 4) is 11.5 Å². The van der Waals surface area contributed by atoms with E-state index < -0.39 is 0 Å². The minimum Gasteiger partial charge on any atom is -0.497 e. The maximum Gasteiger partial charge on any atom is 0.124 e. The number of methoxy groups -OCH3 is 1. The Morgan fingerprint density at radius 1 is 1.33 bits per heavy atom. The number of hydrogen-bond acceptors (Lipinski definition) is 3. The molecule has 0 saturated carbocycles. The van der Waals surface area contributed by atoms with E-state index in [1.807, 2.05) is 18.2 Å². The highest BCUT2D eigenvalue weighted by atomic mass is 16.5. The zero-order chi connectivity index (χ0) is 11.1. The topological polar surface area (TPSA) is 44.5 Å². The molecule has 0 aromatic heterocycles. The lowest BCUT2D eigenvalue weighted by Crippen LogP contribution is -2.04. The van der Waals surface area contributed by atoms with Gasteiger partial charge in [-0.25, -0.2) is 0 Å². The minimum absolute atomic E-state index is 0.471. The molecule has 0 bridgehead atoms. The van der Waals surface area contributed by atoms with Gasteiger partial charge in [0.2, 0.25) is 0 Å². The van der Waals surface area contributed by atoms with Crippen LogP contribution in [0.3, 0.4) is 0 Å². The average Bonchev–Trinajstić information content (AvgIpc) is 2.29. The first kappa shape index (κ1) is 11.9. The molecule has 0 aliphatic rings.